The van der Waals surface area contributed by atoms with E-state index >= 15 is 0 Å². The van der Waals surface area contributed by atoms with Gasteiger partial charge in [-0.05, 0) is 43.3 Å². The summed E-state index contributed by atoms with van der Waals surface area (Å²) < 4.78 is 55.7. The molecule has 3 aromatic carbocycles. The zero-order chi connectivity index (χ0) is 22.8. The fraction of sp³-hybridized carbons (Fsp3) is 0.0870. The van der Waals surface area contributed by atoms with Gasteiger partial charge in [0.15, 0.2) is 0 Å². The minimum Gasteiger partial charge on any atom is -0.277 e. The molecule has 0 fully saturated rings. The number of rotatable bonds is 7. The molecule has 4 aromatic rings. The predicted molar refractivity (Wildman–Crippen MR) is 124 cm³/mol. The molecule has 0 bridgehead atoms. The summed E-state index contributed by atoms with van der Waals surface area (Å²) in [4.78, 5) is 4.81. The summed E-state index contributed by atoms with van der Waals surface area (Å²) in [5.41, 5.74) is 2.16. The molecule has 0 aliphatic heterocycles. The minimum absolute atomic E-state index is 0.0355. The Balaban J connectivity index is 1.61. The molecular weight excluding hydrogens is 446 g/mol. The summed E-state index contributed by atoms with van der Waals surface area (Å²) >= 11 is 0. The fourth-order valence-electron chi connectivity index (χ4n) is 3.14. The van der Waals surface area contributed by atoms with Crippen LogP contribution in [0.25, 0.3) is 10.9 Å². The molecule has 1 heterocycles. The molecule has 2 N–H and O–H groups in total. The van der Waals surface area contributed by atoms with Crippen LogP contribution in [0.4, 0.5) is 5.69 Å². The number of hydrogen-bond donors (Lipinski definition) is 2. The molecule has 9 heteroatoms. The maximum Gasteiger partial charge on any atom is 0.261 e. The van der Waals surface area contributed by atoms with Gasteiger partial charge in [0.1, 0.15) is 0 Å². The van der Waals surface area contributed by atoms with Crippen LogP contribution in [-0.4, -0.2) is 21.8 Å². The molecule has 7 nitrogen and oxygen atoms in total. The molecule has 32 heavy (non-hydrogen) atoms. The van der Waals surface area contributed by atoms with Crippen LogP contribution in [0.15, 0.2) is 94.7 Å². The van der Waals surface area contributed by atoms with Gasteiger partial charge in [-0.15, -0.1) is 0 Å². The van der Waals surface area contributed by atoms with E-state index in [4.69, 9.17) is 0 Å². The number of hydrogen-bond acceptors (Lipinski definition) is 5. The lowest BCUT2D eigenvalue weighted by molar-refractivity contribution is 0.580. The first-order valence-electron chi connectivity index (χ1n) is 9.77. The van der Waals surface area contributed by atoms with E-state index in [1.54, 1.807) is 66.7 Å². The van der Waals surface area contributed by atoms with Gasteiger partial charge in [0.25, 0.3) is 10.0 Å². The second kappa shape index (κ2) is 8.70. The molecule has 0 aliphatic rings. The Kier molecular flexibility index (Phi) is 5.96. The number of benzene rings is 3. The van der Waals surface area contributed by atoms with Crippen LogP contribution >= 0.6 is 0 Å². The predicted octanol–water partition coefficient (Wildman–Crippen LogP) is 3.82. The highest BCUT2D eigenvalue weighted by atomic mass is 32.2. The zero-order valence-corrected chi connectivity index (χ0v) is 18.8. The van der Waals surface area contributed by atoms with Crippen LogP contribution in [0.2, 0.25) is 0 Å². The van der Waals surface area contributed by atoms with Crippen molar-refractivity contribution < 1.29 is 16.8 Å². The lowest BCUT2D eigenvalue weighted by Gasteiger charge is -2.12. The number of pyridine rings is 1. The van der Waals surface area contributed by atoms with E-state index in [-0.39, 0.29) is 16.3 Å². The van der Waals surface area contributed by atoms with E-state index in [2.05, 4.69) is 14.4 Å². The summed E-state index contributed by atoms with van der Waals surface area (Å²) in [5, 5.41) is 0.726. The van der Waals surface area contributed by atoms with Crippen molar-refractivity contribution in [2.45, 2.75) is 23.3 Å². The Bertz CT molecular complexity index is 1470. The smallest absolute Gasteiger partial charge is 0.261 e. The maximum absolute atomic E-state index is 12.8. The van der Waals surface area contributed by atoms with Crippen LogP contribution in [0.3, 0.4) is 0 Å². The standard InChI is InChI=1S/C23H21N3O4S2/c1-17-10-14-21(15-11-17)32(29,30)26-22-9-5-6-18-12-13-19(25-23(18)22)16-24-31(27,28)20-7-3-2-4-8-20/h2-15,24,26H,16H2,1H3. The SMILES string of the molecule is Cc1ccc(S(=O)(=O)Nc2cccc3ccc(CNS(=O)(=O)c4ccccc4)nc23)cc1. The molecular formula is C23H21N3O4S2. The van der Waals surface area contributed by atoms with Gasteiger partial charge in [-0.2, -0.15) is 0 Å². The largest absolute Gasteiger partial charge is 0.277 e. The third-order valence-electron chi connectivity index (χ3n) is 4.85. The summed E-state index contributed by atoms with van der Waals surface area (Å²) in [6.07, 6.45) is 0. The molecule has 0 saturated heterocycles. The number of fused-ring (bicyclic) bond motifs is 1. The molecule has 0 amide bonds. The van der Waals surface area contributed by atoms with Crippen LogP contribution in [-0.2, 0) is 26.6 Å². The van der Waals surface area contributed by atoms with Crippen molar-refractivity contribution in [3.05, 3.63) is 96.2 Å². The van der Waals surface area contributed by atoms with Crippen LogP contribution in [0.1, 0.15) is 11.3 Å². The van der Waals surface area contributed by atoms with Crippen LogP contribution < -0.4 is 9.44 Å². The highest BCUT2D eigenvalue weighted by Crippen LogP contribution is 2.25. The first kappa shape index (κ1) is 21.9. The Morgan fingerprint density at radius 2 is 1.41 bits per heavy atom. The normalized spacial score (nSPS) is 12.0. The highest BCUT2D eigenvalue weighted by Gasteiger charge is 2.17. The Labute approximate surface area is 187 Å². The Hall–Kier alpha value is -3.27. The quantitative estimate of drug-likeness (QED) is 0.430. The van der Waals surface area contributed by atoms with Gasteiger partial charge in [0.2, 0.25) is 10.0 Å². The highest BCUT2D eigenvalue weighted by molar-refractivity contribution is 7.92. The minimum atomic E-state index is -3.81. The summed E-state index contributed by atoms with van der Waals surface area (Å²) in [7, 11) is -7.50. The topological polar surface area (TPSA) is 105 Å². The summed E-state index contributed by atoms with van der Waals surface area (Å²) in [6.45, 7) is 1.85. The van der Waals surface area contributed by atoms with Crippen molar-refractivity contribution in [2.75, 3.05) is 4.72 Å². The third-order valence-corrected chi connectivity index (χ3v) is 7.65. The lowest BCUT2D eigenvalue weighted by Crippen LogP contribution is -2.23. The average Bonchev–Trinajstić information content (AvgIpc) is 2.79. The second-order valence-corrected chi connectivity index (χ2v) is 10.7. The van der Waals surface area contributed by atoms with Crippen molar-refractivity contribution in [3.8, 4) is 0 Å². The van der Waals surface area contributed by atoms with Gasteiger partial charge >= 0.3 is 0 Å². The number of aromatic nitrogens is 1. The molecule has 164 valence electrons. The van der Waals surface area contributed by atoms with Gasteiger partial charge in [0.05, 0.1) is 33.2 Å². The molecule has 0 spiro atoms. The van der Waals surface area contributed by atoms with Gasteiger partial charge in [0, 0.05) is 5.39 Å². The molecule has 0 unspecified atom stereocenters. The molecule has 1 aromatic heterocycles. The first-order valence-corrected chi connectivity index (χ1v) is 12.7. The number of nitrogens with one attached hydrogen (secondary N) is 2. The van der Waals surface area contributed by atoms with Crippen molar-refractivity contribution in [1.29, 1.82) is 0 Å². The zero-order valence-electron chi connectivity index (χ0n) is 17.2. The second-order valence-electron chi connectivity index (χ2n) is 7.24. The third kappa shape index (κ3) is 4.80. The van der Waals surface area contributed by atoms with E-state index in [1.807, 2.05) is 13.0 Å². The number of anilines is 1. The fourth-order valence-corrected chi connectivity index (χ4v) is 5.23. The van der Waals surface area contributed by atoms with Gasteiger partial charge in [-0.1, -0.05) is 54.1 Å². The first-order chi connectivity index (χ1) is 15.2. The lowest BCUT2D eigenvalue weighted by atomic mass is 10.2. The molecule has 0 aliphatic carbocycles. The monoisotopic (exact) mass is 467 g/mol. The van der Waals surface area contributed by atoms with Gasteiger partial charge in [-0.3, -0.25) is 4.72 Å². The number of para-hydroxylation sites is 1. The van der Waals surface area contributed by atoms with Crippen molar-refractivity contribution >= 4 is 36.6 Å². The number of sulfonamides is 2. The molecule has 0 saturated carbocycles. The van der Waals surface area contributed by atoms with E-state index in [0.29, 0.717) is 16.9 Å². The molecule has 4 rings (SSSR count). The average molecular weight is 468 g/mol. The van der Waals surface area contributed by atoms with Crippen LogP contribution in [0.5, 0.6) is 0 Å². The van der Waals surface area contributed by atoms with E-state index < -0.39 is 20.0 Å². The Morgan fingerprint density at radius 3 is 2.12 bits per heavy atom. The summed E-state index contributed by atoms with van der Waals surface area (Å²) in [6, 6.07) is 23.2. The van der Waals surface area contributed by atoms with Gasteiger partial charge < -0.3 is 0 Å². The van der Waals surface area contributed by atoms with E-state index in [9.17, 15) is 16.8 Å². The molecule has 0 atom stereocenters. The maximum atomic E-state index is 12.8. The number of nitrogens with zero attached hydrogens (tertiary/aromatic N) is 1. The van der Waals surface area contributed by atoms with Crippen molar-refractivity contribution in [3.63, 3.8) is 0 Å². The number of aryl methyl sites for hydroxylation is 1. The van der Waals surface area contributed by atoms with Crippen molar-refractivity contribution in [1.82, 2.24) is 9.71 Å². The molecule has 0 radical (unpaired) electrons. The van der Waals surface area contributed by atoms with Crippen LogP contribution in [0, 0.1) is 6.92 Å². The van der Waals surface area contributed by atoms with E-state index in [1.165, 1.54) is 12.1 Å². The van der Waals surface area contributed by atoms with Crippen molar-refractivity contribution in [2.24, 2.45) is 0 Å². The Morgan fingerprint density at radius 1 is 0.719 bits per heavy atom. The summed E-state index contributed by atoms with van der Waals surface area (Å²) in [5.74, 6) is 0. The van der Waals surface area contributed by atoms with E-state index in [0.717, 1.165) is 10.9 Å². The van der Waals surface area contributed by atoms with Gasteiger partial charge in [-0.25, -0.2) is 26.5 Å².